The van der Waals surface area contributed by atoms with Crippen LogP contribution in [0.4, 0.5) is 15.8 Å². The summed E-state index contributed by atoms with van der Waals surface area (Å²) in [6.07, 6.45) is 1.45. The Bertz CT molecular complexity index is 1450. The Morgan fingerprint density at radius 1 is 1.16 bits per heavy atom. The van der Waals surface area contributed by atoms with Gasteiger partial charge in [-0.2, -0.15) is 5.26 Å². The molecule has 0 fully saturated rings. The molecule has 1 aromatic heterocycles. The fraction of sp³-hybridized carbons (Fsp3) is 0.115. The number of benzene rings is 2. The van der Waals surface area contributed by atoms with Crippen LogP contribution < -0.4 is 16.0 Å². The number of carbonyl (C=O) groups excluding carboxylic acids is 2. The average molecular weight is 557 g/mol. The molecule has 3 N–H and O–H groups in total. The average Bonchev–Trinajstić information content (AvgIpc) is 3.40. The quantitative estimate of drug-likeness (QED) is 0.309. The first-order valence-corrected chi connectivity index (χ1v) is 12.6. The van der Waals surface area contributed by atoms with E-state index in [1.54, 1.807) is 31.2 Å². The number of dihydropyridines is 1. The number of nitriles is 1. The molecule has 7 nitrogen and oxygen atoms in total. The predicted molar refractivity (Wildman–Crippen MR) is 143 cm³/mol. The molecular weight excluding hydrogens is 538 g/mol. The molecule has 2 amide bonds. The number of hydrogen-bond acceptors (Lipinski definition) is 6. The third kappa shape index (κ3) is 6.17. The Morgan fingerprint density at radius 3 is 2.57 bits per heavy atom. The highest BCUT2D eigenvalue weighted by atomic mass is 35.5. The topological polar surface area (TPSA) is 107 Å². The fourth-order valence-corrected chi connectivity index (χ4v) is 5.06. The summed E-state index contributed by atoms with van der Waals surface area (Å²) in [6.45, 7) is 1.70. The third-order valence-corrected chi connectivity index (χ3v) is 6.94. The molecule has 1 aliphatic heterocycles. The van der Waals surface area contributed by atoms with Crippen LogP contribution >= 0.6 is 35.0 Å². The number of rotatable bonds is 7. The standard InChI is InChI=1S/C26H19Cl2FN4O3S/c1-14-23(25(35)33-20-9-4-15(27)11-19(20)28)24(21-3-2-10-36-21)18(12-30)26(31-14)37-13-22(34)32-17-7-5-16(29)6-8-17/h2-11,24,31H,13H2,1H3,(H,32,34)(H,33,35). The van der Waals surface area contributed by atoms with Crippen LogP contribution in [0.25, 0.3) is 0 Å². The van der Waals surface area contributed by atoms with Gasteiger partial charge in [-0.05, 0) is 61.5 Å². The smallest absolute Gasteiger partial charge is 0.254 e. The van der Waals surface area contributed by atoms with Crippen molar-refractivity contribution in [1.82, 2.24) is 5.32 Å². The molecule has 188 valence electrons. The van der Waals surface area contributed by atoms with E-state index in [-0.39, 0.29) is 27.8 Å². The van der Waals surface area contributed by atoms with Crippen LogP contribution in [0, 0.1) is 17.1 Å². The summed E-state index contributed by atoms with van der Waals surface area (Å²) >= 11 is 13.3. The summed E-state index contributed by atoms with van der Waals surface area (Å²) in [4.78, 5) is 25.9. The van der Waals surface area contributed by atoms with Crippen molar-refractivity contribution in [3.63, 3.8) is 0 Å². The van der Waals surface area contributed by atoms with Crippen molar-refractivity contribution in [2.45, 2.75) is 12.8 Å². The number of allylic oxidation sites excluding steroid dienone is 2. The van der Waals surface area contributed by atoms with Crippen LogP contribution in [0.1, 0.15) is 18.6 Å². The number of nitrogens with zero attached hydrogens (tertiary/aromatic N) is 1. The van der Waals surface area contributed by atoms with Crippen LogP contribution in [0.15, 0.2) is 87.1 Å². The van der Waals surface area contributed by atoms with E-state index in [0.717, 1.165) is 11.8 Å². The number of furan rings is 1. The molecule has 1 unspecified atom stereocenters. The maximum absolute atomic E-state index is 13.4. The number of thioether (sulfide) groups is 1. The van der Waals surface area contributed by atoms with Crippen molar-refractivity contribution < 1.29 is 18.4 Å². The highest BCUT2D eigenvalue weighted by molar-refractivity contribution is 8.03. The number of hydrogen-bond donors (Lipinski definition) is 3. The fourth-order valence-electron chi connectivity index (χ4n) is 3.72. The van der Waals surface area contributed by atoms with E-state index < -0.39 is 17.6 Å². The van der Waals surface area contributed by atoms with Crippen LogP contribution in [0.5, 0.6) is 0 Å². The van der Waals surface area contributed by atoms with Crippen LogP contribution in [0.3, 0.4) is 0 Å². The largest absolute Gasteiger partial charge is 0.468 e. The molecule has 2 heterocycles. The molecule has 1 aliphatic rings. The third-order valence-electron chi connectivity index (χ3n) is 5.37. The molecule has 0 spiro atoms. The van der Waals surface area contributed by atoms with Gasteiger partial charge in [-0.1, -0.05) is 35.0 Å². The van der Waals surface area contributed by atoms with Gasteiger partial charge in [-0.25, -0.2) is 4.39 Å². The Balaban J connectivity index is 1.58. The van der Waals surface area contributed by atoms with Crippen molar-refractivity contribution >= 4 is 58.2 Å². The van der Waals surface area contributed by atoms with Gasteiger partial charge in [0.05, 0.1) is 50.9 Å². The number of anilines is 2. The van der Waals surface area contributed by atoms with Crippen molar-refractivity contribution in [3.8, 4) is 6.07 Å². The normalized spacial score (nSPS) is 15.2. The van der Waals surface area contributed by atoms with Crippen molar-refractivity contribution in [2.24, 2.45) is 0 Å². The first kappa shape index (κ1) is 26.4. The summed E-state index contributed by atoms with van der Waals surface area (Å²) < 4.78 is 18.7. The number of amides is 2. The van der Waals surface area contributed by atoms with Crippen LogP contribution in [0.2, 0.25) is 10.0 Å². The molecule has 11 heteroatoms. The maximum Gasteiger partial charge on any atom is 0.254 e. The zero-order valence-electron chi connectivity index (χ0n) is 19.3. The minimum absolute atomic E-state index is 0.0367. The van der Waals surface area contributed by atoms with E-state index in [2.05, 4.69) is 22.0 Å². The molecule has 0 saturated heterocycles. The van der Waals surface area contributed by atoms with Gasteiger partial charge in [-0.15, -0.1) is 0 Å². The SMILES string of the molecule is CC1=C(C(=O)Nc2ccc(Cl)cc2Cl)C(c2ccco2)C(C#N)=C(SCC(=O)Nc2ccc(F)cc2)N1. The van der Waals surface area contributed by atoms with Gasteiger partial charge in [0, 0.05) is 16.4 Å². The summed E-state index contributed by atoms with van der Waals surface area (Å²) in [5.41, 5.74) is 1.76. The molecule has 3 aromatic rings. The van der Waals surface area contributed by atoms with E-state index in [1.165, 1.54) is 36.6 Å². The highest BCUT2D eigenvalue weighted by Gasteiger charge is 2.36. The van der Waals surface area contributed by atoms with E-state index in [9.17, 15) is 19.2 Å². The number of halogens is 3. The van der Waals surface area contributed by atoms with Gasteiger partial charge < -0.3 is 20.4 Å². The first-order chi connectivity index (χ1) is 17.8. The summed E-state index contributed by atoms with van der Waals surface area (Å²) in [6, 6.07) is 15.6. The minimum Gasteiger partial charge on any atom is -0.468 e. The van der Waals surface area contributed by atoms with E-state index in [1.807, 2.05) is 0 Å². The molecule has 0 radical (unpaired) electrons. The number of nitrogens with one attached hydrogen (secondary N) is 3. The second-order valence-corrected chi connectivity index (χ2v) is 9.72. The predicted octanol–water partition coefficient (Wildman–Crippen LogP) is 6.43. The summed E-state index contributed by atoms with van der Waals surface area (Å²) in [5.74, 6) is -1.72. The van der Waals surface area contributed by atoms with Crippen molar-refractivity contribution in [1.29, 1.82) is 5.26 Å². The lowest BCUT2D eigenvalue weighted by atomic mass is 9.85. The minimum atomic E-state index is -0.824. The Kier molecular flexibility index (Phi) is 8.24. The lowest BCUT2D eigenvalue weighted by molar-refractivity contribution is -0.114. The Labute approximate surface area is 226 Å². The van der Waals surface area contributed by atoms with Gasteiger partial charge in [0.2, 0.25) is 5.91 Å². The molecule has 0 bridgehead atoms. The van der Waals surface area contributed by atoms with E-state index in [4.69, 9.17) is 27.6 Å². The van der Waals surface area contributed by atoms with E-state index >= 15 is 0 Å². The van der Waals surface area contributed by atoms with Gasteiger partial charge >= 0.3 is 0 Å². The monoisotopic (exact) mass is 556 g/mol. The number of carbonyl (C=O) groups is 2. The van der Waals surface area contributed by atoms with Crippen LogP contribution in [-0.4, -0.2) is 17.6 Å². The molecular formula is C26H19Cl2FN4O3S. The second-order valence-electron chi connectivity index (χ2n) is 7.89. The lowest BCUT2D eigenvalue weighted by Crippen LogP contribution is -2.31. The molecule has 0 saturated carbocycles. The zero-order chi connectivity index (χ0) is 26.5. The van der Waals surface area contributed by atoms with Crippen molar-refractivity contribution in [3.05, 3.63) is 104 Å². The first-order valence-electron chi connectivity index (χ1n) is 10.9. The van der Waals surface area contributed by atoms with Crippen molar-refractivity contribution in [2.75, 3.05) is 16.4 Å². The highest BCUT2D eigenvalue weighted by Crippen LogP contribution is 2.41. The molecule has 1 atom stereocenters. The Hall–Kier alpha value is -3.71. The van der Waals surface area contributed by atoms with Gasteiger partial charge in [0.25, 0.3) is 5.91 Å². The lowest BCUT2D eigenvalue weighted by Gasteiger charge is -2.28. The molecule has 2 aromatic carbocycles. The molecule has 37 heavy (non-hydrogen) atoms. The van der Waals surface area contributed by atoms with Gasteiger partial charge in [0.1, 0.15) is 11.6 Å². The zero-order valence-corrected chi connectivity index (χ0v) is 21.6. The molecule has 0 aliphatic carbocycles. The summed E-state index contributed by atoms with van der Waals surface area (Å²) in [5, 5.41) is 19.7. The second kappa shape index (κ2) is 11.6. The van der Waals surface area contributed by atoms with Crippen LogP contribution in [-0.2, 0) is 9.59 Å². The maximum atomic E-state index is 13.4. The Morgan fingerprint density at radius 2 is 1.92 bits per heavy atom. The van der Waals surface area contributed by atoms with E-state index in [0.29, 0.717) is 32.9 Å². The van der Waals surface area contributed by atoms with Gasteiger partial charge in [-0.3, -0.25) is 9.59 Å². The summed E-state index contributed by atoms with van der Waals surface area (Å²) in [7, 11) is 0. The molecule has 4 rings (SSSR count). The van der Waals surface area contributed by atoms with Gasteiger partial charge in [0.15, 0.2) is 0 Å².